The van der Waals surface area contributed by atoms with Crippen LogP contribution in [-0.2, 0) is 4.79 Å². The Morgan fingerprint density at radius 3 is 2.81 bits per heavy atom. The van der Waals surface area contributed by atoms with Gasteiger partial charge >= 0.3 is 0 Å². The summed E-state index contributed by atoms with van der Waals surface area (Å²) in [4.78, 5) is 17.3. The van der Waals surface area contributed by atoms with Gasteiger partial charge < -0.3 is 15.2 Å². The van der Waals surface area contributed by atoms with E-state index in [1.165, 1.54) is 0 Å². The maximum atomic E-state index is 13.0. The normalized spacial score (nSPS) is 25.3. The van der Waals surface area contributed by atoms with Crippen LogP contribution in [0.1, 0.15) is 29.7 Å². The number of benzene rings is 1. The molecule has 0 aliphatic carbocycles. The number of aryl methyl sites for hydroxylation is 1. The quantitative estimate of drug-likeness (QED) is 0.596. The van der Waals surface area contributed by atoms with Gasteiger partial charge in [-0.2, -0.15) is 4.98 Å². The minimum atomic E-state index is -0.505. The highest BCUT2D eigenvalue weighted by Crippen LogP contribution is 2.24. The average Bonchev–Trinajstić information content (AvgIpc) is 3.27. The lowest BCUT2D eigenvalue weighted by Crippen LogP contribution is -2.50. The molecular formula is C17H22Cl2N6O2. The van der Waals surface area contributed by atoms with Crippen molar-refractivity contribution in [2.75, 3.05) is 13.1 Å². The molecule has 2 saturated heterocycles. The summed E-state index contributed by atoms with van der Waals surface area (Å²) in [7, 11) is 0. The van der Waals surface area contributed by atoms with Crippen LogP contribution in [0.15, 0.2) is 28.8 Å². The zero-order valence-corrected chi connectivity index (χ0v) is 16.3. The topological polar surface area (TPSA) is 104 Å². The molecule has 1 aromatic carbocycles. The maximum absolute atomic E-state index is 13.0. The molecular weight excluding hydrogens is 391 g/mol. The molecule has 0 bridgehead atoms. The predicted molar refractivity (Wildman–Crippen MR) is 103 cm³/mol. The number of nitrogens with one attached hydrogen (secondary N) is 4. The molecule has 1 aromatic heterocycles. The summed E-state index contributed by atoms with van der Waals surface area (Å²) >= 11 is 5.99. The van der Waals surface area contributed by atoms with Crippen molar-refractivity contribution < 1.29 is 9.32 Å². The molecule has 0 saturated carbocycles. The molecule has 0 spiro atoms. The highest BCUT2D eigenvalue weighted by molar-refractivity contribution is 6.30. The Kier molecular flexibility index (Phi) is 6.33. The standard InChI is InChI=1S/C17H21ClN6O2.ClH/c1-9-20-16(24-26-9)14(10-2-4-11(18)5-3-10)21-17(25)15-12-8-19-7-6-13(12)22-23-15;/h2-5,12-15,19,22-23H,6-8H2,1H3,(H,21,25);1H. The van der Waals surface area contributed by atoms with Gasteiger partial charge in [0.05, 0.1) is 0 Å². The summed E-state index contributed by atoms with van der Waals surface area (Å²) in [5, 5.41) is 11.0. The number of rotatable bonds is 4. The Morgan fingerprint density at radius 2 is 2.11 bits per heavy atom. The number of hydrazine groups is 1. The molecule has 2 aliphatic rings. The third-order valence-corrected chi connectivity index (χ3v) is 5.21. The lowest BCUT2D eigenvalue weighted by atomic mass is 9.89. The van der Waals surface area contributed by atoms with Gasteiger partial charge in [0.2, 0.25) is 11.8 Å². The second kappa shape index (κ2) is 8.53. The van der Waals surface area contributed by atoms with Crippen LogP contribution in [0.3, 0.4) is 0 Å². The molecule has 2 aliphatic heterocycles. The molecule has 4 atom stereocenters. The number of nitrogens with zero attached hydrogens (tertiary/aromatic N) is 2. The van der Waals surface area contributed by atoms with Gasteiger partial charge in [-0.25, -0.2) is 5.43 Å². The molecule has 0 radical (unpaired) electrons. The van der Waals surface area contributed by atoms with Crippen LogP contribution in [0.5, 0.6) is 0 Å². The minimum absolute atomic E-state index is 0. The van der Waals surface area contributed by atoms with Crippen LogP contribution in [-0.4, -0.2) is 41.2 Å². The summed E-state index contributed by atoms with van der Waals surface area (Å²) in [5.74, 6) is 0.964. The summed E-state index contributed by atoms with van der Waals surface area (Å²) in [6, 6.07) is 6.73. The Morgan fingerprint density at radius 1 is 1.33 bits per heavy atom. The summed E-state index contributed by atoms with van der Waals surface area (Å²) in [5.41, 5.74) is 7.21. The number of carbonyl (C=O) groups is 1. The first kappa shape index (κ1) is 20.0. The molecule has 2 fully saturated rings. The Hall–Kier alpha value is -1.71. The third kappa shape index (κ3) is 4.25. The van der Waals surface area contributed by atoms with Crippen LogP contribution in [0.25, 0.3) is 0 Å². The van der Waals surface area contributed by atoms with Crippen LogP contribution in [0.2, 0.25) is 5.02 Å². The van der Waals surface area contributed by atoms with Crippen molar-refractivity contribution >= 4 is 29.9 Å². The van der Waals surface area contributed by atoms with Gasteiger partial charge in [0, 0.05) is 30.5 Å². The smallest absolute Gasteiger partial charge is 0.239 e. The number of hydrogen-bond donors (Lipinski definition) is 4. The average molecular weight is 413 g/mol. The van der Waals surface area contributed by atoms with Crippen molar-refractivity contribution in [3.63, 3.8) is 0 Å². The van der Waals surface area contributed by atoms with Gasteiger partial charge in [0.15, 0.2) is 5.82 Å². The third-order valence-electron chi connectivity index (χ3n) is 4.96. The van der Waals surface area contributed by atoms with E-state index in [1.54, 1.807) is 19.1 Å². The molecule has 10 heteroatoms. The monoisotopic (exact) mass is 412 g/mol. The van der Waals surface area contributed by atoms with Crippen LogP contribution in [0.4, 0.5) is 0 Å². The van der Waals surface area contributed by atoms with Crippen LogP contribution in [0, 0.1) is 12.8 Å². The number of hydrogen-bond acceptors (Lipinski definition) is 7. The van der Waals surface area contributed by atoms with E-state index < -0.39 is 6.04 Å². The summed E-state index contributed by atoms with van der Waals surface area (Å²) in [6.45, 7) is 3.48. The number of carbonyl (C=O) groups excluding carboxylic acids is 1. The number of aromatic nitrogens is 2. The zero-order valence-electron chi connectivity index (χ0n) is 14.7. The molecule has 146 valence electrons. The fourth-order valence-electron chi connectivity index (χ4n) is 3.59. The van der Waals surface area contributed by atoms with E-state index in [-0.39, 0.29) is 30.3 Å². The largest absolute Gasteiger partial charge is 0.340 e. The maximum Gasteiger partial charge on any atom is 0.239 e. The molecule has 1 amide bonds. The molecule has 4 unspecified atom stereocenters. The van der Waals surface area contributed by atoms with E-state index in [1.807, 2.05) is 12.1 Å². The highest BCUT2D eigenvalue weighted by atomic mass is 35.5. The second-order valence-electron chi connectivity index (χ2n) is 6.69. The SMILES string of the molecule is Cc1nc(C(NC(=O)C2NNC3CCNCC32)c2ccc(Cl)cc2)no1.Cl. The van der Waals surface area contributed by atoms with E-state index in [9.17, 15) is 4.79 Å². The predicted octanol–water partition coefficient (Wildman–Crippen LogP) is 1.11. The van der Waals surface area contributed by atoms with E-state index in [0.717, 1.165) is 25.1 Å². The van der Waals surface area contributed by atoms with E-state index >= 15 is 0 Å². The Bertz CT molecular complexity index is 784. The number of amides is 1. The van der Waals surface area contributed by atoms with Gasteiger partial charge in [-0.05, 0) is 30.7 Å². The van der Waals surface area contributed by atoms with Gasteiger partial charge in [0.25, 0.3) is 0 Å². The molecule has 8 nitrogen and oxygen atoms in total. The van der Waals surface area contributed by atoms with E-state index in [2.05, 4.69) is 31.6 Å². The zero-order chi connectivity index (χ0) is 18.1. The first-order valence-electron chi connectivity index (χ1n) is 8.69. The van der Waals surface area contributed by atoms with Crippen molar-refractivity contribution in [2.24, 2.45) is 5.92 Å². The lowest BCUT2D eigenvalue weighted by molar-refractivity contribution is -0.124. The van der Waals surface area contributed by atoms with Crippen molar-refractivity contribution in [3.8, 4) is 0 Å². The van der Waals surface area contributed by atoms with Crippen LogP contribution < -0.4 is 21.5 Å². The molecule has 3 heterocycles. The number of fused-ring (bicyclic) bond motifs is 1. The molecule has 27 heavy (non-hydrogen) atoms. The lowest BCUT2D eigenvalue weighted by Gasteiger charge is -2.28. The van der Waals surface area contributed by atoms with Gasteiger partial charge in [-0.15, -0.1) is 12.4 Å². The Balaban J connectivity index is 0.00000210. The highest BCUT2D eigenvalue weighted by Gasteiger charge is 2.42. The fraction of sp³-hybridized carbons (Fsp3) is 0.471. The van der Waals surface area contributed by atoms with Crippen molar-refractivity contribution in [3.05, 3.63) is 46.6 Å². The van der Waals surface area contributed by atoms with Gasteiger partial charge in [0.1, 0.15) is 12.1 Å². The Labute approximate surface area is 168 Å². The van der Waals surface area contributed by atoms with E-state index in [4.69, 9.17) is 16.1 Å². The minimum Gasteiger partial charge on any atom is -0.340 e. The summed E-state index contributed by atoms with van der Waals surface area (Å²) in [6.07, 6.45) is 0.992. The molecule has 2 aromatic rings. The summed E-state index contributed by atoms with van der Waals surface area (Å²) < 4.78 is 5.11. The first-order valence-corrected chi connectivity index (χ1v) is 9.07. The van der Waals surface area contributed by atoms with Crippen LogP contribution >= 0.6 is 24.0 Å². The van der Waals surface area contributed by atoms with Crippen molar-refractivity contribution in [1.82, 2.24) is 31.6 Å². The number of halogens is 2. The second-order valence-corrected chi connectivity index (χ2v) is 7.13. The fourth-order valence-corrected chi connectivity index (χ4v) is 3.72. The first-order chi connectivity index (χ1) is 12.6. The molecule has 4 N–H and O–H groups in total. The van der Waals surface area contributed by atoms with Crippen molar-refractivity contribution in [1.29, 1.82) is 0 Å². The number of piperidine rings is 1. The van der Waals surface area contributed by atoms with Gasteiger partial charge in [-0.3, -0.25) is 10.2 Å². The molecule has 4 rings (SSSR count). The van der Waals surface area contributed by atoms with Crippen molar-refractivity contribution in [2.45, 2.75) is 31.5 Å². The van der Waals surface area contributed by atoms with Gasteiger partial charge in [-0.1, -0.05) is 28.9 Å². The van der Waals surface area contributed by atoms with E-state index in [0.29, 0.717) is 22.8 Å².